The second kappa shape index (κ2) is 7.92. The maximum atomic E-state index is 10.1. The van der Waals surface area contributed by atoms with Crippen molar-refractivity contribution in [3.63, 3.8) is 0 Å². The Morgan fingerprint density at radius 3 is 1.62 bits per heavy atom. The Labute approximate surface area is 95.9 Å². The average Bonchev–Trinajstić information content (AvgIpc) is 2.11. The molecule has 0 radical (unpaired) electrons. The number of hydrogen-bond donors (Lipinski definition) is 4. The average molecular weight is 278 g/mol. The largest absolute Gasteiger partial charge is 0.319 e. The van der Waals surface area contributed by atoms with E-state index in [1.54, 1.807) is 7.05 Å². The van der Waals surface area contributed by atoms with Gasteiger partial charge in [-0.25, -0.2) is 0 Å². The van der Waals surface area contributed by atoms with Crippen LogP contribution in [0.15, 0.2) is 0 Å². The van der Waals surface area contributed by atoms with Gasteiger partial charge in [-0.1, -0.05) is 0 Å². The Kier molecular flexibility index (Phi) is 8.97. The van der Waals surface area contributed by atoms with Crippen LogP contribution in [0.3, 0.4) is 0 Å². The smallest absolute Gasteiger partial charge is 0.280 e. The van der Waals surface area contributed by atoms with Gasteiger partial charge in [-0.05, 0) is 21.0 Å². The minimum atomic E-state index is -3.86. The molecule has 0 aromatic heterocycles. The van der Waals surface area contributed by atoms with Crippen molar-refractivity contribution in [1.82, 2.24) is 10.6 Å². The molecule has 1 unspecified atom stereocenters. The Bertz CT molecular complexity index is 362. The molecular weight excluding hydrogens is 260 g/mol. The van der Waals surface area contributed by atoms with Gasteiger partial charge < -0.3 is 10.6 Å². The number of nitrogens with one attached hydrogen (secondary N) is 2. The first kappa shape index (κ1) is 18.1. The van der Waals surface area contributed by atoms with Crippen molar-refractivity contribution >= 4 is 20.2 Å². The van der Waals surface area contributed by atoms with Crippen LogP contribution in [0.2, 0.25) is 0 Å². The van der Waals surface area contributed by atoms with E-state index in [0.29, 0.717) is 6.54 Å². The fourth-order valence-corrected chi connectivity index (χ4v) is 1.14. The molecule has 0 fully saturated rings. The van der Waals surface area contributed by atoms with Crippen molar-refractivity contribution in [2.45, 2.75) is 12.3 Å². The highest BCUT2D eigenvalue weighted by Gasteiger charge is 2.12. The highest BCUT2D eigenvalue weighted by Crippen LogP contribution is 1.88. The van der Waals surface area contributed by atoms with Crippen molar-refractivity contribution in [3.8, 4) is 0 Å². The molecule has 8 nitrogen and oxygen atoms in total. The molecule has 0 bridgehead atoms. The zero-order chi connectivity index (χ0) is 13.4. The lowest BCUT2D eigenvalue weighted by Gasteiger charge is -2.03. The zero-order valence-corrected chi connectivity index (χ0v) is 11.0. The summed E-state index contributed by atoms with van der Waals surface area (Å²) in [6.07, 6.45) is 0. The molecule has 0 spiro atoms. The van der Waals surface area contributed by atoms with Crippen LogP contribution in [0.25, 0.3) is 0 Å². The maximum absolute atomic E-state index is 10.1. The first-order valence-electron chi connectivity index (χ1n) is 4.28. The van der Waals surface area contributed by atoms with Gasteiger partial charge in [-0.15, -0.1) is 0 Å². The Morgan fingerprint density at radius 2 is 1.56 bits per heavy atom. The molecule has 0 aliphatic carbocycles. The highest BCUT2D eigenvalue weighted by atomic mass is 32.2. The fraction of sp³-hybridized carbons (Fsp3) is 1.00. The molecule has 0 aliphatic heterocycles. The van der Waals surface area contributed by atoms with Crippen molar-refractivity contribution in [2.24, 2.45) is 0 Å². The molecule has 0 amide bonds. The van der Waals surface area contributed by atoms with Crippen LogP contribution in [-0.4, -0.2) is 57.7 Å². The minimum absolute atomic E-state index is 0.219. The van der Waals surface area contributed by atoms with Gasteiger partial charge in [0.2, 0.25) is 0 Å². The normalized spacial score (nSPS) is 13.8. The van der Waals surface area contributed by atoms with E-state index in [1.165, 1.54) is 14.0 Å². The molecule has 0 rings (SSSR count). The van der Waals surface area contributed by atoms with Crippen molar-refractivity contribution in [2.75, 3.05) is 26.4 Å². The third-order valence-electron chi connectivity index (χ3n) is 1.46. The van der Waals surface area contributed by atoms with Gasteiger partial charge in [0.25, 0.3) is 20.2 Å². The molecule has 0 aromatic rings. The topological polar surface area (TPSA) is 133 Å². The van der Waals surface area contributed by atoms with Gasteiger partial charge >= 0.3 is 0 Å². The van der Waals surface area contributed by atoms with Crippen LogP contribution in [0.1, 0.15) is 6.92 Å². The SMILES string of the molecule is CNC(C)S(=O)(=O)O.CNCCS(=O)(=O)O. The molecule has 0 saturated heterocycles. The van der Waals surface area contributed by atoms with Crippen LogP contribution in [0, 0.1) is 0 Å². The molecule has 0 heterocycles. The standard InChI is InChI=1S/2C3H9NO3S/c1-4-2-3-8(5,6)7;1-3(4-2)8(5,6)7/h4H,2-3H2,1H3,(H,5,6,7);3-4H,1-2H3,(H,5,6,7). The molecule has 16 heavy (non-hydrogen) atoms. The lowest BCUT2D eigenvalue weighted by Crippen LogP contribution is -2.29. The van der Waals surface area contributed by atoms with E-state index in [0.717, 1.165) is 0 Å². The van der Waals surface area contributed by atoms with Crippen LogP contribution in [0.5, 0.6) is 0 Å². The van der Waals surface area contributed by atoms with E-state index in [9.17, 15) is 16.8 Å². The molecule has 0 aliphatic rings. The van der Waals surface area contributed by atoms with Crippen LogP contribution in [0.4, 0.5) is 0 Å². The van der Waals surface area contributed by atoms with Crippen LogP contribution < -0.4 is 10.6 Å². The third-order valence-corrected chi connectivity index (χ3v) is 3.31. The summed E-state index contributed by atoms with van der Waals surface area (Å²) in [5.74, 6) is -0.219. The zero-order valence-electron chi connectivity index (χ0n) is 9.34. The summed E-state index contributed by atoms with van der Waals surface area (Å²) in [5.41, 5.74) is 0. The van der Waals surface area contributed by atoms with Crippen LogP contribution >= 0.6 is 0 Å². The van der Waals surface area contributed by atoms with Crippen molar-refractivity contribution < 1.29 is 25.9 Å². The first-order valence-corrected chi connectivity index (χ1v) is 7.39. The summed E-state index contributed by atoms with van der Waals surface area (Å²) < 4.78 is 56.2. The Balaban J connectivity index is 0. The summed E-state index contributed by atoms with van der Waals surface area (Å²) in [4.78, 5) is 0. The summed E-state index contributed by atoms with van der Waals surface area (Å²) in [6.45, 7) is 1.65. The monoisotopic (exact) mass is 278 g/mol. The van der Waals surface area contributed by atoms with E-state index < -0.39 is 25.6 Å². The van der Waals surface area contributed by atoms with E-state index in [4.69, 9.17) is 9.11 Å². The Hall–Kier alpha value is -0.260. The van der Waals surface area contributed by atoms with Gasteiger partial charge in [0.1, 0.15) is 5.37 Å². The van der Waals surface area contributed by atoms with Gasteiger partial charge in [0.05, 0.1) is 5.75 Å². The molecule has 0 aromatic carbocycles. The molecular formula is C6H18N2O6S2. The first-order chi connectivity index (χ1) is 7.04. The third kappa shape index (κ3) is 13.7. The number of hydrogen-bond acceptors (Lipinski definition) is 6. The maximum Gasteiger partial charge on any atom is 0.280 e. The lowest BCUT2D eigenvalue weighted by atomic mass is 10.8. The second-order valence-electron chi connectivity index (χ2n) is 2.84. The Morgan fingerprint density at radius 1 is 1.12 bits per heavy atom. The molecule has 1 atom stereocenters. The summed E-state index contributed by atoms with van der Waals surface area (Å²) >= 11 is 0. The molecule has 0 saturated carbocycles. The number of rotatable bonds is 5. The minimum Gasteiger partial charge on any atom is -0.319 e. The van der Waals surface area contributed by atoms with E-state index in [-0.39, 0.29) is 5.75 Å². The van der Waals surface area contributed by atoms with E-state index >= 15 is 0 Å². The van der Waals surface area contributed by atoms with Gasteiger partial charge in [0, 0.05) is 6.54 Å². The lowest BCUT2D eigenvalue weighted by molar-refractivity contribution is 0.462. The molecule has 100 valence electrons. The van der Waals surface area contributed by atoms with E-state index in [1.807, 2.05) is 0 Å². The van der Waals surface area contributed by atoms with Gasteiger partial charge in [0.15, 0.2) is 0 Å². The van der Waals surface area contributed by atoms with Crippen molar-refractivity contribution in [1.29, 1.82) is 0 Å². The van der Waals surface area contributed by atoms with E-state index in [2.05, 4.69) is 10.6 Å². The van der Waals surface area contributed by atoms with Crippen molar-refractivity contribution in [3.05, 3.63) is 0 Å². The molecule has 10 heteroatoms. The second-order valence-corrected chi connectivity index (χ2v) is 6.14. The molecule has 4 N–H and O–H groups in total. The van der Waals surface area contributed by atoms with Crippen LogP contribution in [-0.2, 0) is 20.2 Å². The predicted octanol–water partition coefficient (Wildman–Crippen LogP) is -1.47. The van der Waals surface area contributed by atoms with Gasteiger partial charge in [-0.3, -0.25) is 9.11 Å². The summed E-state index contributed by atoms with van der Waals surface area (Å²) in [7, 11) is -4.54. The predicted molar refractivity (Wildman–Crippen MR) is 60.4 cm³/mol. The quantitative estimate of drug-likeness (QED) is 0.448. The van der Waals surface area contributed by atoms with Gasteiger partial charge in [-0.2, -0.15) is 16.8 Å². The summed E-state index contributed by atoms with van der Waals surface area (Å²) in [6, 6.07) is 0. The fourth-order valence-electron chi connectivity index (χ4n) is 0.380. The summed E-state index contributed by atoms with van der Waals surface area (Å²) in [5, 5.41) is 4.08. The highest BCUT2D eigenvalue weighted by molar-refractivity contribution is 7.86.